The van der Waals surface area contributed by atoms with E-state index in [2.05, 4.69) is 60.1 Å². The Hall–Kier alpha value is -1.94. The van der Waals surface area contributed by atoms with Crippen molar-refractivity contribution in [1.82, 2.24) is 10.2 Å². The molecule has 21 heavy (non-hydrogen) atoms. The molecule has 0 radical (unpaired) electrons. The lowest BCUT2D eigenvalue weighted by Gasteiger charge is -2.30. The summed E-state index contributed by atoms with van der Waals surface area (Å²) in [6, 6.07) is 10.7. The highest BCUT2D eigenvalue weighted by molar-refractivity contribution is 5.51. The van der Waals surface area contributed by atoms with Crippen LogP contribution < -0.4 is 10.6 Å². The van der Waals surface area contributed by atoms with Crippen LogP contribution in [0.5, 0.6) is 0 Å². The van der Waals surface area contributed by atoms with Crippen LogP contribution >= 0.6 is 0 Å². The van der Waals surface area contributed by atoms with Crippen LogP contribution in [0, 0.1) is 13.8 Å². The van der Waals surface area contributed by atoms with E-state index < -0.39 is 0 Å². The van der Waals surface area contributed by atoms with E-state index in [1.54, 1.807) is 0 Å². The van der Waals surface area contributed by atoms with Crippen LogP contribution in [-0.4, -0.2) is 16.2 Å². The topological polar surface area (TPSA) is 55.0 Å². The molecule has 0 saturated carbocycles. The first-order valence-corrected chi connectivity index (χ1v) is 7.38. The molecule has 0 atom stereocenters. The fourth-order valence-corrected chi connectivity index (χ4v) is 2.40. The largest absolute Gasteiger partial charge is 0.348 e. The van der Waals surface area contributed by atoms with E-state index in [1.807, 2.05) is 13.0 Å². The van der Waals surface area contributed by atoms with Gasteiger partial charge in [-0.1, -0.05) is 30.3 Å². The molecule has 1 aromatic heterocycles. The average Bonchev–Trinajstić information content (AvgIpc) is 2.48. The first kappa shape index (κ1) is 15.4. The number of hydrogen-bond acceptors (Lipinski definition) is 4. The molecular formula is C17H24N4. The third kappa shape index (κ3) is 3.39. The summed E-state index contributed by atoms with van der Waals surface area (Å²) in [4.78, 5) is 2.26. The zero-order valence-electron chi connectivity index (χ0n) is 13.3. The molecule has 0 fully saturated rings. The van der Waals surface area contributed by atoms with Crippen LogP contribution in [0.1, 0.15) is 36.2 Å². The van der Waals surface area contributed by atoms with Gasteiger partial charge in [-0.15, -0.1) is 5.10 Å². The number of nitrogens with two attached hydrogens (primary N) is 1. The van der Waals surface area contributed by atoms with E-state index in [0.717, 1.165) is 29.2 Å². The smallest absolute Gasteiger partial charge is 0.156 e. The fourth-order valence-electron chi connectivity index (χ4n) is 2.40. The summed E-state index contributed by atoms with van der Waals surface area (Å²) in [6.07, 6.45) is 0. The molecule has 4 nitrogen and oxygen atoms in total. The highest BCUT2D eigenvalue weighted by Crippen LogP contribution is 2.25. The van der Waals surface area contributed by atoms with Crippen molar-refractivity contribution in [2.75, 3.05) is 4.90 Å². The van der Waals surface area contributed by atoms with E-state index in [-0.39, 0.29) is 0 Å². The SMILES string of the molecule is Cc1nnc(N(Cc2ccccc2)C(C)C)c(CN)c1C. The standard InChI is InChI=1S/C17H24N4/c1-12(2)21(11-15-8-6-5-7-9-15)17-16(10-18)13(3)14(4)19-20-17/h5-9,12H,10-11,18H2,1-4H3. The maximum atomic E-state index is 5.96. The van der Waals surface area contributed by atoms with Gasteiger partial charge in [0.15, 0.2) is 5.82 Å². The maximum absolute atomic E-state index is 5.96. The second kappa shape index (κ2) is 6.68. The zero-order valence-corrected chi connectivity index (χ0v) is 13.3. The minimum atomic E-state index is 0.326. The summed E-state index contributed by atoms with van der Waals surface area (Å²) in [5.41, 5.74) is 10.4. The fraction of sp³-hybridized carbons (Fsp3) is 0.412. The third-order valence-corrected chi connectivity index (χ3v) is 3.86. The maximum Gasteiger partial charge on any atom is 0.156 e. The van der Waals surface area contributed by atoms with Crippen molar-refractivity contribution in [3.05, 3.63) is 52.7 Å². The van der Waals surface area contributed by atoms with Crippen molar-refractivity contribution in [3.8, 4) is 0 Å². The molecule has 0 aliphatic heterocycles. The molecule has 2 rings (SSSR count). The molecule has 0 saturated heterocycles. The molecule has 0 spiro atoms. The van der Waals surface area contributed by atoms with Gasteiger partial charge in [-0.2, -0.15) is 5.10 Å². The van der Waals surface area contributed by atoms with Crippen molar-refractivity contribution in [2.45, 2.75) is 46.8 Å². The molecule has 1 aromatic carbocycles. The van der Waals surface area contributed by atoms with Gasteiger partial charge in [-0.3, -0.25) is 0 Å². The molecule has 1 heterocycles. The predicted molar refractivity (Wildman–Crippen MR) is 87.2 cm³/mol. The van der Waals surface area contributed by atoms with Gasteiger partial charge in [-0.25, -0.2) is 0 Å². The van der Waals surface area contributed by atoms with Crippen LogP contribution in [0.4, 0.5) is 5.82 Å². The summed E-state index contributed by atoms with van der Waals surface area (Å²) in [7, 11) is 0. The van der Waals surface area contributed by atoms with Crippen molar-refractivity contribution in [3.63, 3.8) is 0 Å². The Morgan fingerprint density at radius 2 is 1.76 bits per heavy atom. The number of nitrogens with zero attached hydrogens (tertiary/aromatic N) is 3. The van der Waals surface area contributed by atoms with Gasteiger partial charge in [-0.05, 0) is 38.8 Å². The van der Waals surface area contributed by atoms with Crippen molar-refractivity contribution >= 4 is 5.82 Å². The summed E-state index contributed by atoms with van der Waals surface area (Å²) in [6.45, 7) is 9.66. The van der Waals surface area contributed by atoms with Crippen molar-refractivity contribution < 1.29 is 0 Å². The number of rotatable bonds is 5. The van der Waals surface area contributed by atoms with Crippen molar-refractivity contribution in [2.24, 2.45) is 5.73 Å². The summed E-state index contributed by atoms with van der Waals surface area (Å²) < 4.78 is 0. The minimum absolute atomic E-state index is 0.326. The molecule has 2 aromatic rings. The highest BCUT2D eigenvalue weighted by Gasteiger charge is 2.19. The van der Waals surface area contributed by atoms with Gasteiger partial charge >= 0.3 is 0 Å². The number of anilines is 1. The van der Waals surface area contributed by atoms with Crippen molar-refractivity contribution in [1.29, 1.82) is 0 Å². The molecule has 0 aliphatic rings. The Morgan fingerprint density at radius 1 is 1.10 bits per heavy atom. The Bertz CT molecular complexity index is 593. The first-order valence-electron chi connectivity index (χ1n) is 7.38. The van der Waals surface area contributed by atoms with E-state index in [9.17, 15) is 0 Å². The molecular weight excluding hydrogens is 260 g/mol. The zero-order chi connectivity index (χ0) is 15.4. The van der Waals surface area contributed by atoms with E-state index in [0.29, 0.717) is 12.6 Å². The van der Waals surface area contributed by atoms with Gasteiger partial charge < -0.3 is 10.6 Å². The monoisotopic (exact) mass is 284 g/mol. The molecule has 2 N–H and O–H groups in total. The molecule has 0 amide bonds. The van der Waals surface area contributed by atoms with Crippen LogP contribution in [0.2, 0.25) is 0 Å². The second-order valence-electron chi connectivity index (χ2n) is 5.62. The first-order chi connectivity index (χ1) is 10.0. The Morgan fingerprint density at radius 3 is 2.33 bits per heavy atom. The minimum Gasteiger partial charge on any atom is -0.348 e. The van der Waals surface area contributed by atoms with E-state index >= 15 is 0 Å². The third-order valence-electron chi connectivity index (χ3n) is 3.86. The molecule has 4 heteroatoms. The lowest BCUT2D eigenvalue weighted by atomic mass is 10.1. The molecule has 0 unspecified atom stereocenters. The van der Waals surface area contributed by atoms with Gasteiger partial charge in [0, 0.05) is 24.7 Å². The number of benzene rings is 1. The van der Waals surface area contributed by atoms with Gasteiger partial charge in [0.1, 0.15) is 0 Å². The number of hydrogen-bond donors (Lipinski definition) is 1. The Labute approximate surface area is 127 Å². The average molecular weight is 284 g/mol. The quantitative estimate of drug-likeness (QED) is 0.917. The van der Waals surface area contributed by atoms with Crippen LogP contribution in [0.25, 0.3) is 0 Å². The van der Waals surface area contributed by atoms with Crippen LogP contribution in [-0.2, 0) is 13.1 Å². The highest BCUT2D eigenvalue weighted by atomic mass is 15.3. The van der Waals surface area contributed by atoms with Gasteiger partial charge in [0.05, 0.1) is 5.69 Å². The lowest BCUT2D eigenvalue weighted by Crippen LogP contribution is -2.33. The van der Waals surface area contributed by atoms with Gasteiger partial charge in [0.2, 0.25) is 0 Å². The van der Waals surface area contributed by atoms with Crippen LogP contribution in [0.3, 0.4) is 0 Å². The predicted octanol–water partition coefficient (Wildman–Crippen LogP) is 2.97. The van der Waals surface area contributed by atoms with Gasteiger partial charge in [0.25, 0.3) is 0 Å². The summed E-state index contributed by atoms with van der Waals surface area (Å²) in [5, 5.41) is 8.71. The normalized spacial score (nSPS) is 11.0. The van der Waals surface area contributed by atoms with E-state index in [1.165, 1.54) is 5.56 Å². The molecule has 0 bridgehead atoms. The number of aryl methyl sites for hydroxylation is 1. The summed E-state index contributed by atoms with van der Waals surface area (Å²) >= 11 is 0. The van der Waals surface area contributed by atoms with Crippen LogP contribution in [0.15, 0.2) is 30.3 Å². The van der Waals surface area contributed by atoms with E-state index in [4.69, 9.17) is 5.73 Å². The summed E-state index contributed by atoms with van der Waals surface area (Å²) in [5.74, 6) is 0.902. The Balaban J connectivity index is 2.42. The number of aromatic nitrogens is 2. The molecule has 0 aliphatic carbocycles. The molecule has 112 valence electrons. The lowest BCUT2D eigenvalue weighted by molar-refractivity contribution is 0.657. The second-order valence-corrected chi connectivity index (χ2v) is 5.62. The Kier molecular flexibility index (Phi) is 4.91.